The molecule has 0 radical (unpaired) electrons. The fourth-order valence-corrected chi connectivity index (χ4v) is 9.22. The summed E-state index contributed by atoms with van der Waals surface area (Å²) in [5, 5.41) is 19.0. The molecule has 0 atom stereocenters. The minimum absolute atomic E-state index is 0.178. The standard InChI is InChI=1S/C20H44P.C7H6O3/c1-5-9-13-14-15-16-20-21(17-10-6-2,18-11-7-3)19-12-8-4;8-6-4-2-1-3-5(6)7(9)10/h5-20H2,1-4H3;1-4,8H,(H,9,10)/q+1;/p-1. The van der Waals surface area contributed by atoms with E-state index in [4.69, 9.17) is 5.11 Å². The van der Waals surface area contributed by atoms with Crippen molar-refractivity contribution in [1.29, 1.82) is 0 Å². The first-order valence-electron chi connectivity index (χ1n) is 12.8. The Morgan fingerprint density at radius 2 is 1.13 bits per heavy atom. The van der Waals surface area contributed by atoms with Gasteiger partial charge in [0, 0.05) is 7.26 Å². The molecular formula is C27H49O3P. The van der Waals surface area contributed by atoms with Crippen LogP contribution >= 0.6 is 7.26 Å². The lowest BCUT2D eigenvalue weighted by atomic mass is 10.1. The largest absolute Gasteiger partial charge is 0.872 e. The molecule has 1 aromatic carbocycles. The van der Waals surface area contributed by atoms with Gasteiger partial charge < -0.3 is 10.2 Å². The third kappa shape index (κ3) is 14.6. The Balaban J connectivity index is 0.000000743. The van der Waals surface area contributed by atoms with Gasteiger partial charge in [-0.2, -0.15) is 0 Å². The monoisotopic (exact) mass is 452 g/mol. The number of rotatable bonds is 17. The number of carboxylic acids is 1. The molecule has 180 valence electrons. The molecule has 0 aliphatic carbocycles. The number of benzene rings is 1. The third-order valence-electron chi connectivity index (χ3n) is 6.06. The van der Waals surface area contributed by atoms with E-state index in [-0.39, 0.29) is 5.56 Å². The molecular weight excluding hydrogens is 403 g/mol. The lowest BCUT2D eigenvalue weighted by Crippen LogP contribution is -2.13. The molecule has 0 amide bonds. The molecule has 0 fully saturated rings. The average molecular weight is 453 g/mol. The zero-order valence-corrected chi connectivity index (χ0v) is 21.7. The Morgan fingerprint density at radius 1 is 0.710 bits per heavy atom. The number of unbranched alkanes of at least 4 members (excludes halogenated alkanes) is 8. The molecule has 31 heavy (non-hydrogen) atoms. The Labute approximate surface area is 193 Å². The lowest BCUT2D eigenvalue weighted by Gasteiger charge is -2.28. The second kappa shape index (κ2) is 19.6. The summed E-state index contributed by atoms with van der Waals surface area (Å²) in [6.07, 6.45) is 24.0. The summed E-state index contributed by atoms with van der Waals surface area (Å²) < 4.78 is 0. The summed E-state index contributed by atoms with van der Waals surface area (Å²) in [6.45, 7) is 9.44. The first-order chi connectivity index (χ1) is 15.0. The van der Waals surface area contributed by atoms with Gasteiger partial charge in [0.1, 0.15) is 0 Å². The van der Waals surface area contributed by atoms with Gasteiger partial charge in [0.15, 0.2) is 0 Å². The van der Waals surface area contributed by atoms with Gasteiger partial charge in [-0.05, 0) is 38.2 Å². The number of para-hydroxylation sites is 1. The fourth-order valence-electron chi connectivity index (χ4n) is 4.02. The van der Waals surface area contributed by atoms with Crippen molar-refractivity contribution in [3.05, 3.63) is 29.8 Å². The molecule has 1 rings (SSSR count). The van der Waals surface area contributed by atoms with Crippen LogP contribution < -0.4 is 5.11 Å². The zero-order valence-electron chi connectivity index (χ0n) is 20.8. The summed E-state index contributed by atoms with van der Waals surface area (Å²) in [5.74, 6) is -1.62. The van der Waals surface area contributed by atoms with Crippen molar-refractivity contribution in [3.8, 4) is 5.75 Å². The molecule has 0 aliphatic rings. The Bertz CT molecular complexity index is 537. The van der Waals surface area contributed by atoms with Gasteiger partial charge in [0.25, 0.3) is 0 Å². The predicted molar refractivity (Wildman–Crippen MR) is 137 cm³/mol. The smallest absolute Gasteiger partial charge is 0.335 e. The second-order valence-electron chi connectivity index (χ2n) is 8.87. The molecule has 0 heterocycles. The van der Waals surface area contributed by atoms with Crippen LogP contribution in [0.5, 0.6) is 5.75 Å². The van der Waals surface area contributed by atoms with Crippen molar-refractivity contribution >= 4 is 13.2 Å². The minimum Gasteiger partial charge on any atom is -0.872 e. The van der Waals surface area contributed by atoms with Crippen LogP contribution in [0.3, 0.4) is 0 Å². The van der Waals surface area contributed by atoms with Crippen molar-refractivity contribution < 1.29 is 15.0 Å². The Kier molecular flexibility index (Phi) is 18.9. The maximum absolute atomic E-state index is 10.7. The summed E-state index contributed by atoms with van der Waals surface area (Å²) in [6, 6.07) is 5.54. The second-order valence-corrected chi connectivity index (χ2v) is 13.3. The number of aromatic carboxylic acids is 1. The first-order valence-corrected chi connectivity index (χ1v) is 15.3. The number of carboxylic acid groups (broad SMARTS) is 1. The molecule has 3 nitrogen and oxygen atoms in total. The van der Waals surface area contributed by atoms with E-state index in [9.17, 15) is 9.90 Å². The van der Waals surface area contributed by atoms with Crippen LogP contribution in [0.4, 0.5) is 0 Å². The fraction of sp³-hybridized carbons (Fsp3) is 0.741. The Morgan fingerprint density at radius 3 is 1.55 bits per heavy atom. The Hall–Kier alpha value is -1.08. The van der Waals surface area contributed by atoms with E-state index in [1.165, 1.54) is 101 Å². The van der Waals surface area contributed by atoms with Crippen LogP contribution in [0.15, 0.2) is 24.3 Å². The highest BCUT2D eigenvalue weighted by atomic mass is 31.2. The van der Waals surface area contributed by atoms with Crippen molar-refractivity contribution in [2.75, 3.05) is 24.6 Å². The molecule has 0 aromatic heterocycles. The zero-order chi connectivity index (χ0) is 23.4. The van der Waals surface area contributed by atoms with Gasteiger partial charge in [-0.3, -0.25) is 0 Å². The van der Waals surface area contributed by atoms with Crippen LogP contribution in [-0.4, -0.2) is 35.7 Å². The van der Waals surface area contributed by atoms with Gasteiger partial charge in [-0.25, -0.2) is 4.79 Å². The normalized spacial score (nSPS) is 11.1. The molecule has 1 N–H and O–H groups in total. The minimum atomic E-state index is -1.18. The van der Waals surface area contributed by atoms with Crippen molar-refractivity contribution in [1.82, 2.24) is 0 Å². The molecule has 0 aliphatic heterocycles. The molecule has 0 bridgehead atoms. The lowest BCUT2D eigenvalue weighted by molar-refractivity contribution is -0.268. The van der Waals surface area contributed by atoms with E-state index in [2.05, 4.69) is 27.7 Å². The van der Waals surface area contributed by atoms with Gasteiger partial charge in [-0.15, -0.1) is 0 Å². The third-order valence-corrected chi connectivity index (χ3v) is 11.1. The van der Waals surface area contributed by atoms with Gasteiger partial charge in [0.2, 0.25) is 0 Å². The van der Waals surface area contributed by atoms with E-state index in [0.717, 1.165) is 0 Å². The molecule has 0 spiro atoms. The highest BCUT2D eigenvalue weighted by Crippen LogP contribution is 2.61. The van der Waals surface area contributed by atoms with E-state index >= 15 is 0 Å². The van der Waals surface area contributed by atoms with Gasteiger partial charge >= 0.3 is 5.97 Å². The topological polar surface area (TPSA) is 60.4 Å². The quantitative estimate of drug-likeness (QED) is 0.191. The predicted octanol–water partition coefficient (Wildman–Crippen LogP) is 8.22. The van der Waals surface area contributed by atoms with E-state index < -0.39 is 19.0 Å². The highest BCUT2D eigenvalue weighted by molar-refractivity contribution is 7.75. The van der Waals surface area contributed by atoms with E-state index in [1.807, 2.05) is 0 Å². The molecule has 0 saturated carbocycles. The van der Waals surface area contributed by atoms with Gasteiger partial charge in [0.05, 0.1) is 30.2 Å². The average Bonchev–Trinajstić information content (AvgIpc) is 2.77. The van der Waals surface area contributed by atoms with Crippen LogP contribution in [0.2, 0.25) is 0 Å². The maximum atomic E-state index is 10.7. The van der Waals surface area contributed by atoms with E-state index in [0.29, 0.717) is 0 Å². The molecule has 0 saturated heterocycles. The van der Waals surface area contributed by atoms with Crippen molar-refractivity contribution in [2.45, 2.75) is 105 Å². The SMILES string of the molecule is CCCCCCCC[P+](CCCC)(CCCC)CCCC.O=C(O)c1ccccc1[O-]. The maximum Gasteiger partial charge on any atom is 0.335 e. The number of carbonyl (C=O) groups is 1. The summed E-state index contributed by atoms with van der Waals surface area (Å²) in [7, 11) is -0.601. The highest BCUT2D eigenvalue weighted by Gasteiger charge is 2.34. The first kappa shape index (κ1) is 29.9. The number of hydrogen-bond donors (Lipinski definition) is 1. The van der Waals surface area contributed by atoms with Crippen LogP contribution in [-0.2, 0) is 0 Å². The molecule has 1 aromatic rings. The summed E-state index contributed by atoms with van der Waals surface area (Å²) >= 11 is 0. The summed E-state index contributed by atoms with van der Waals surface area (Å²) in [4.78, 5) is 10.2. The van der Waals surface area contributed by atoms with Crippen molar-refractivity contribution in [2.24, 2.45) is 0 Å². The van der Waals surface area contributed by atoms with Crippen molar-refractivity contribution in [3.63, 3.8) is 0 Å². The molecule has 0 unspecified atom stereocenters. The van der Waals surface area contributed by atoms with Crippen LogP contribution in [0.25, 0.3) is 0 Å². The number of hydrogen-bond acceptors (Lipinski definition) is 2. The molecule has 4 heteroatoms. The van der Waals surface area contributed by atoms with Crippen LogP contribution in [0.1, 0.15) is 115 Å². The summed E-state index contributed by atoms with van der Waals surface area (Å²) in [5.41, 5.74) is -0.178. The van der Waals surface area contributed by atoms with E-state index in [1.54, 1.807) is 24.6 Å². The van der Waals surface area contributed by atoms with Gasteiger partial charge in [-0.1, -0.05) is 96.6 Å². The van der Waals surface area contributed by atoms with Crippen LogP contribution in [0, 0.1) is 0 Å².